The van der Waals surface area contributed by atoms with Crippen molar-refractivity contribution in [2.24, 2.45) is 0 Å². The van der Waals surface area contributed by atoms with E-state index in [1.54, 1.807) is 0 Å². The van der Waals surface area contributed by atoms with Crippen LogP contribution in [-0.2, 0) is 11.3 Å². The number of hydrogen-bond donors (Lipinski definition) is 1. The topological polar surface area (TPSA) is 34.4 Å². The molecule has 1 N–H and O–H groups in total. The zero-order valence-corrected chi connectivity index (χ0v) is 10.7. The third-order valence-corrected chi connectivity index (χ3v) is 3.60. The molecular weight excluding hydrogens is 226 g/mol. The average Bonchev–Trinajstić information content (AvgIpc) is 2.80. The van der Waals surface area contributed by atoms with Gasteiger partial charge in [0.2, 0.25) is 0 Å². The number of benzene rings is 1. The first-order chi connectivity index (χ1) is 8.75. The lowest BCUT2D eigenvalue weighted by molar-refractivity contribution is 0.0271. The lowest BCUT2D eigenvalue weighted by atomic mass is 9.95. The number of ether oxygens (including phenoxy) is 1. The summed E-state index contributed by atoms with van der Waals surface area (Å²) in [7, 11) is 0. The van der Waals surface area contributed by atoms with Gasteiger partial charge in [-0.05, 0) is 31.9 Å². The number of hydrogen-bond acceptors (Lipinski definition) is 3. The summed E-state index contributed by atoms with van der Waals surface area (Å²) in [4.78, 5) is 0. The highest BCUT2D eigenvalue weighted by molar-refractivity contribution is 5.77. The van der Waals surface area contributed by atoms with Gasteiger partial charge in [0.25, 0.3) is 0 Å². The molecule has 0 spiro atoms. The van der Waals surface area contributed by atoms with Gasteiger partial charge in [-0.3, -0.25) is 0 Å². The van der Waals surface area contributed by atoms with Crippen LogP contribution in [0.4, 0.5) is 0 Å². The van der Waals surface area contributed by atoms with Crippen molar-refractivity contribution in [1.82, 2.24) is 5.32 Å². The predicted molar refractivity (Wildman–Crippen MR) is 71.5 cm³/mol. The third-order valence-electron chi connectivity index (χ3n) is 3.60. The van der Waals surface area contributed by atoms with Crippen LogP contribution in [0.2, 0.25) is 0 Å². The molecule has 0 radical (unpaired) electrons. The number of fused-ring (bicyclic) bond motifs is 1. The summed E-state index contributed by atoms with van der Waals surface area (Å²) in [5, 5.41) is 4.72. The smallest absolute Gasteiger partial charge is 0.134 e. The molecule has 0 aliphatic carbocycles. The molecule has 1 aromatic heterocycles. The van der Waals surface area contributed by atoms with Crippen LogP contribution in [0.1, 0.15) is 25.5 Å². The van der Waals surface area contributed by atoms with Crippen LogP contribution in [0.25, 0.3) is 11.0 Å². The normalized spacial score (nSPS) is 24.5. The second kappa shape index (κ2) is 4.75. The first-order valence-corrected chi connectivity index (χ1v) is 6.55. The Kier molecular flexibility index (Phi) is 3.10. The van der Waals surface area contributed by atoms with Crippen molar-refractivity contribution >= 4 is 11.0 Å². The van der Waals surface area contributed by atoms with E-state index in [9.17, 15) is 0 Å². The fourth-order valence-corrected chi connectivity index (χ4v) is 2.50. The molecule has 1 saturated heterocycles. The summed E-state index contributed by atoms with van der Waals surface area (Å²) in [6.07, 6.45) is 2.29. The summed E-state index contributed by atoms with van der Waals surface area (Å²) in [6, 6.07) is 10.2. The first kappa shape index (κ1) is 11.8. The molecule has 3 rings (SSSR count). The Balaban J connectivity index is 1.69. The van der Waals surface area contributed by atoms with E-state index in [0.29, 0.717) is 0 Å². The zero-order valence-electron chi connectivity index (χ0n) is 10.7. The Hall–Kier alpha value is -1.32. The summed E-state index contributed by atoms with van der Waals surface area (Å²) < 4.78 is 11.3. The van der Waals surface area contributed by atoms with Crippen LogP contribution in [0.3, 0.4) is 0 Å². The van der Waals surface area contributed by atoms with E-state index in [0.717, 1.165) is 43.9 Å². The van der Waals surface area contributed by atoms with Crippen molar-refractivity contribution < 1.29 is 9.15 Å². The first-order valence-electron chi connectivity index (χ1n) is 6.55. The fourth-order valence-electron chi connectivity index (χ4n) is 2.50. The minimum atomic E-state index is 0.0806. The summed E-state index contributed by atoms with van der Waals surface area (Å²) in [5.41, 5.74) is 1.04. The monoisotopic (exact) mass is 245 g/mol. The van der Waals surface area contributed by atoms with Crippen LogP contribution in [0.15, 0.2) is 34.7 Å². The van der Waals surface area contributed by atoms with Crippen molar-refractivity contribution in [1.29, 1.82) is 0 Å². The van der Waals surface area contributed by atoms with Crippen molar-refractivity contribution in [3.63, 3.8) is 0 Å². The molecule has 2 aromatic rings. The van der Waals surface area contributed by atoms with Crippen LogP contribution in [-0.4, -0.2) is 18.8 Å². The molecule has 3 heteroatoms. The number of furan rings is 1. The highest BCUT2D eigenvalue weighted by atomic mass is 16.5. The second-order valence-corrected chi connectivity index (χ2v) is 5.32. The van der Waals surface area contributed by atoms with E-state index in [-0.39, 0.29) is 5.54 Å². The quantitative estimate of drug-likeness (QED) is 0.902. The molecule has 1 atom stereocenters. The standard InChI is InChI=1S/C15H19NO2/c1-15(7-4-8-17-11-15)16-10-13-9-12-5-2-3-6-14(12)18-13/h2-3,5-6,9,16H,4,7-8,10-11H2,1H3. The molecular formula is C15H19NO2. The van der Waals surface area contributed by atoms with Crippen molar-refractivity contribution in [3.8, 4) is 0 Å². The fraction of sp³-hybridized carbons (Fsp3) is 0.467. The molecule has 0 saturated carbocycles. The molecule has 1 aliphatic heterocycles. The van der Waals surface area contributed by atoms with Gasteiger partial charge in [-0.2, -0.15) is 0 Å². The van der Waals surface area contributed by atoms with Crippen LogP contribution >= 0.6 is 0 Å². The van der Waals surface area contributed by atoms with Crippen LogP contribution in [0.5, 0.6) is 0 Å². The zero-order chi connectivity index (χ0) is 12.4. The lowest BCUT2D eigenvalue weighted by Crippen LogP contribution is -2.48. The Bertz CT molecular complexity index is 493. The van der Waals surface area contributed by atoms with Gasteiger partial charge in [0, 0.05) is 17.5 Å². The van der Waals surface area contributed by atoms with Crippen LogP contribution < -0.4 is 5.32 Å². The molecule has 1 fully saturated rings. The maximum atomic E-state index is 5.80. The van der Waals surface area contributed by atoms with Gasteiger partial charge in [-0.15, -0.1) is 0 Å². The van der Waals surface area contributed by atoms with E-state index in [1.165, 1.54) is 5.39 Å². The molecule has 18 heavy (non-hydrogen) atoms. The Labute approximate surface area is 107 Å². The van der Waals surface area contributed by atoms with Gasteiger partial charge in [0.05, 0.1) is 13.2 Å². The van der Waals surface area contributed by atoms with Gasteiger partial charge < -0.3 is 14.5 Å². The highest BCUT2D eigenvalue weighted by Gasteiger charge is 2.27. The summed E-state index contributed by atoms with van der Waals surface area (Å²) in [5.74, 6) is 0.989. The molecule has 0 bridgehead atoms. The number of rotatable bonds is 3. The Morgan fingerprint density at radius 2 is 2.22 bits per heavy atom. The van der Waals surface area contributed by atoms with E-state index in [2.05, 4.69) is 24.4 Å². The van der Waals surface area contributed by atoms with E-state index in [1.807, 2.05) is 18.2 Å². The third kappa shape index (κ3) is 2.42. The van der Waals surface area contributed by atoms with E-state index >= 15 is 0 Å². The van der Waals surface area contributed by atoms with Gasteiger partial charge in [0.1, 0.15) is 11.3 Å². The molecule has 2 heterocycles. The maximum absolute atomic E-state index is 5.80. The SMILES string of the molecule is CC1(NCc2cc3ccccc3o2)CCCOC1. The van der Waals surface area contributed by atoms with Crippen LogP contribution in [0, 0.1) is 0 Å². The van der Waals surface area contributed by atoms with Crippen molar-refractivity contribution in [2.45, 2.75) is 31.8 Å². The number of para-hydroxylation sites is 1. The molecule has 0 amide bonds. The van der Waals surface area contributed by atoms with E-state index in [4.69, 9.17) is 9.15 Å². The largest absolute Gasteiger partial charge is 0.460 e. The lowest BCUT2D eigenvalue weighted by Gasteiger charge is -2.34. The number of nitrogens with one attached hydrogen (secondary N) is 1. The Morgan fingerprint density at radius 3 is 3.00 bits per heavy atom. The van der Waals surface area contributed by atoms with Crippen molar-refractivity contribution in [2.75, 3.05) is 13.2 Å². The van der Waals surface area contributed by atoms with Gasteiger partial charge in [-0.25, -0.2) is 0 Å². The maximum Gasteiger partial charge on any atom is 0.134 e. The Morgan fingerprint density at radius 1 is 1.33 bits per heavy atom. The second-order valence-electron chi connectivity index (χ2n) is 5.32. The summed E-state index contributed by atoms with van der Waals surface area (Å²) >= 11 is 0. The highest BCUT2D eigenvalue weighted by Crippen LogP contribution is 2.22. The van der Waals surface area contributed by atoms with E-state index < -0.39 is 0 Å². The van der Waals surface area contributed by atoms with Gasteiger partial charge >= 0.3 is 0 Å². The molecule has 3 nitrogen and oxygen atoms in total. The minimum absolute atomic E-state index is 0.0806. The van der Waals surface area contributed by atoms with Crippen molar-refractivity contribution in [3.05, 3.63) is 36.1 Å². The average molecular weight is 245 g/mol. The molecule has 96 valence electrons. The molecule has 1 aromatic carbocycles. The van der Waals surface area contributed by atoms with Gasteiger partial charge in [-0.1, -0.05) is 18.2 Å². The summed E-state index contributed by atoms with van der Waals surface area (Å²) in [6.45, 7) is 4.65. The molecule has 1 unspecified atom stereocenters. The van der Waals surface area contributed by atoms with Gasteiger partial charge in [0.15, 0.2) is 0 Å². The predicted octanol–water partition coefficient (Wildman–Crippen LogP) is 3.09. The molecule has 1 aliphatic rings. The minimum Gasteiger partial charge on any atom is -0.460 e.